The molecule has 1 saturated heterocycles. The normalized spacial score (nSPS) is 22.9. The monoisotopic (exact) mass is 284 g/mol. The summed E-state index contributed by atoms with van der Waals surface area (Å²) < 4.78 is 0. The summed E-state index contributed by atoms with van der Waals surface area (Å²) in [4.78, 5) is 2.53. The van der Waals surface area contributed by atoms with Crippen LogP contribution < -0.4 is 5.73 Å². The molecule has 1 fully saturated rings. The lowest BCUT2D eigenvalue weighted by atomic mass is 10.0. The van der Waals surface area contributed by atoms with Gasteiger partial charge in [-0.1, -0.05) is 29.8 Å². The highest BCUT2D eigenvalue weighted by molar-refractivity contribution is 7.99. The first-order chi connectivity index (χ1) is 8.68. The van der Waals surface area contributed by atoms with Crippen LogP contribution in [0.5, 0.6) is 0 Å². The third kappa shape index (κ3) is 3.64. The van der Waals surface area contributed by atoms with E-state index in [1.165, 1.54) is 18.1 Å². The molecule has 1 aliphatic rings. The Balaban J connectivity index is 1.88. The van der Waals surface area contributed by atoms with Gasteiger partial charge in [-0.3, -0.25) is 4.90 Å². The second kappa shape index (κ2) is 6.80. The summed E-state index contributed by atoms with van der Waals surface area (Å²) in [6, 6.07) is 8.60. The minimum absolute atomic E-state index is 0.0421. The van der Waals surface area contributed by atoms with E-state index in [0.29, 0.717) is 6.04 Å². The molecule has 1 heterocycles. The van der Waals surface area contributed by atoms with Crippen molar-refractivity contribution >= 4 is 23.4 Å². The molecule has 100 valence electrons. The highest BCUT2D eigenvalue weighted by atomic mass is 35.5. The molecule has 0 aliphatic carbocycles. The minimum atomic E-state index is 0.0421. The largest absolute Gasteiger partial charge is 0.324 e. The van der Waals surface area contributed by atoms with Gasteiger partial charge in [0.25, 0.3) is 0 Å². The molecule has 0 saturated carbocycles. The molecule has 0 bridgehead atoms. The highest BCUT2D eigenvalue weighted by Crippen LogP contribution is 2.24. The van der Waals surface area contributed by atoms with Crippen LogP contribution in [0.2, 0.25) is 5.02 Å². The maximum atomic E-state index is 6.24. The van der Waals surface area contributed by atoms with Crippen LogP contribution in [0.25, 0.3) is 0 Å². The molecule has 2 rings (SSSR count). The van der Waals surface area contributed by atoms with Crippen LogP contribution in [0.4, 0.5) is 0 Å². The Bertz CT molecular complexity index is 386. The Morgan fingerprint density at radius 1 is 1.50 bits per heavy atom. The van der Waals surface area contributed by atoms with E-state index in [1.807, 2.05) is 36.0 Å². The molecule has 0 radical (unpaired) electrons. The molecule has 0 aromatic heterocycles. The summed E-state index contributed by atoms with van der Waals surface area (Å²) in [6.45, 7) is 4.54. The van der Waals surface area contributed by atoms with Gasteiger partial charge in [-0.05, 0) is 25.0 Å². The van der Waals surface area contributed by atoms with Crippen LogP contribution in [-0.2, 0) is 0 Å². The maximum Gasteiger partial charge on any atom is 0.0453 e. The molecule has 2 nitrogen and oxygen atoms in total. The summed E-state index contributed by atoms with van der Waals surface area (Å²) in [7, 11) is 0. The molecule has 1 aromatic rings. The van der Waals surface area contributed by atoms with Gasteiger partial charge in [-0.15, -0.1) is 0 Å². The highest BCUT2D eigenvalue weighted by Gasteiger charge is 2.19. The summed E-state index contributed by atoms with van der Waals surface area (Å²) >= 11 is 8.22. The van der Waals surface area contributed by atoms with Gasteiger partial charge in [0, 0.05) is 41.7 Å². The average molecular weight is 285 g/mol. The van der Waals surface area contributed by atoms with E-state index >= 15 is 0 Å². The van der Waals surface area contributed by atoms with Crippen molar-refractivity contribution < 1.29 is 0 Å². The maximum absolute atomic E-state index is 6.24. The second-order valence-corrected chi connectivity index (χ2v) is 6.43. The summed E-state index contributed by atoms with van der Waals surface area (Å²) in [5.74, 6) is 2.48. The van der Waals surface area contributed by atoms with Crippen LogP contribution in [-0.4, -0.2) is 35.5 Å². The molecule has 2 N–H and O–H groups in total. The second-order valence-electron chi connectivity index (χ2n) is 4.88. The number of hydrogen-bond donors (Lipinski definition) is 1. The number of halogens is 1. The third-order valence-electron chi connectivity index (χ3n) is 3.54. The number of benzene rings is 1. The molecule has 0 amide bonds. The molecule has 2 unspecified atom stereocenters. The van der Waals surface area contributed by atoms with Gasteiger partial charge >= 0.3 is 0 Å². The fourth-order valence-electron chi connectivity index (χ4n) is 2.33. The van der Waals surface area contributed by atoms with Crippen molar-refractivity contribution in [3.05, 3.63) is 34.9 Å². The summed E-state index contributed by atoms with van der Waals surface area (Å²) in [6.07, 6.45) is 0.971. The van der Waals surface area contributed by atoms with Crippen molar-refractivity contribution in [3.8, 4) is 0 Å². The van der Waals surface area contributed by atoms with Gasteiger partial charge in [0.1, 0.15) is 0 Å². The number of hydrogen-bond acceptors (Lipinski definition) is 3. The van der Waals surface area contributed by atoms with Gasteiger partial charge in [0.05, 0.1) is 0 Å². The number of thioether (sulfide) groups is 1. The van der Waals surface area contributed by atoms with Crippen molar-refractivity contribution in [1.29, 1.82) is 0 Å². The summed E-state index contributed by atoms with van der Waals surface area (Å²) in [5.41, 5.74) is 7.31. The molecule has 18 heavy (non-hydrogen) atoms. The van der Waals surface area contributed by atoms with Crippen LogP contribution >= 0.6 is 23.4 Å². The molecule has 4 heteroatoms. The topological polar surface area (TPSA) is 29.3 Å². The smallest absolute Gasteiger partial charge is 0.0453 e. The standard InChI is InChI=1S/C14H21ClN2S/c1-11-10-18-9-8-17(11)7-6-14(16)12-4-2-3-5-13(12)15/h2-5,11,14H,6-10,16H2,1H3. The SMILES string of the molecule is CC1CSCCN1CCC(N)c1ccccc1Cl. The van der Waals surface area contributed by atoms with Crippen molar-refractivity contribution in [2.75, 3.05) is 24.6 Å². The van der Waals surface area contributed by atoms with Crippen molar-refractivity contribution in [1.82, 2.24) is 4.90 Å². The molecule has 1 aliphatic heterocycles. The minimum Gasteiger partial charge on any atom is -0.324 e. The lowest BCUT2D eigenvalue weighted by Crippen LogP contribution is -2.41. The Hall–Kier alpha value is -0.220. The van der Waals surface area contributed by atoms with Gasteiger partial charge in [-0.2, -0.15) is 11.8 Å². The lowest BCUT2D eigenvalue weighted by molar-refractivity contribution is 0.224. The van der Waals surface area contributed by atoms with Gasteiger partial charge in [0.2, 0.25) is 0 Å². The predicted octanol–water partition coefficient (Wildman–Crippen LogP) is 3.17. The average Bonchev–Trinajstić information content (AvgIpc) is 2.38. The van der Waals surface area contributed by atoms with Crippen LogP contribution in [0.1, 0.15) is 24.9 Å². The van der Waals surface area contributed by atoms with E-state index in [4.69, 9.17) is 17.3 Å². The van der Waals surface area contributed by atoms with E-state index in [9.17, 15) is 0 Å². The molecular formula is C14H21ClN2S. The molecule has 1 aromatic carbocycles. The first-order valence-corrected chi connectivity index (χ1v) is 8.03. The molecule has 0 spiro atoms. The fourth-order valence-corrected chi connectivity index (χ4v) is 3.69. The lowest BCUT2D eigenvalue weighted by Gasteiger charge is -2.33. The van der Waals surface area contributed by atoms with Crippen molar-refractivity contribution in [2.45, 2.75) is 25.4 Å². The first-order valence-electron chi connectivity index (χ1n) is 6.50. The van der Waals surface area contributed by atoms with E-state index < -0.39 is 0 Å². The zero-order valence-corrected chi connectivity index (χ0v) is 12.4. The Morgan fingerprint density at radius 3 is 3.00 bits per heavy atom. The first kappa shape index (κ1) is 14.2. The fraction of sp³-hybridized carbons (Fsp3) is 0.571. The summed E-state index contributed by atoms with van der Waals surface area (Å²) in [5, 5.41) is 0.784. The molecule has 2 atom stereocenters. The van der Waals surface area contributed by atoms with Gasteiger partial charge < -0.3 is 5.73 Å². The third-order valence-corrected chi connectivity index (χ3v) is 5.07. The predicted molar refractivity (Wildman–Crippen MR) is 81.4 cm³/mol. The van der Waals surface area contributed by atoms with Crippen LogP contribution in [0.15, 0.2) is 24.3 Å². The zero-order chi connectivity index (χ0) is 13.0. The van der Waals surface area contributed by atoms with Crippen molar-refractivity contribution in [3.63, 3.8) is 0 Å². The van der Waals surface area contributed by atoms with Gasteiger partial charge in [0.15, 0.2) is 0 Å². The Kier molecular flexibility index (Phi) is 5.37. The number of rotatable bonds is 4. The van der Waals surface area contributed by atoms with Crippen LogP contribution in [0, 0.1) is 0 Å². The van der Waals surface area contributed by atoms with E-state index in [1.54, 1.807) is 0 Å². The molecular weight excluding hydrogens is 264 g/mol. The number of nitrogens with zero attached hydrogens (tertiary/aromatic N) is 1. The quantitative estimate of drug-likeness (QED) is 0.921. The Labute approximate surface area is 119 Å². The number of nitrogens with two attached hydrogens (primary N) is 1. The van der Waals surface area contributed by atoms with E-state index in [0.717, 1.165) is 23.6 Å². The Morgan fingerprint density at radius 2 is 2.28 bits per heavy atom. The van der Waals surface area contributed by atoms with Crippen molar-refractivity contribution in [2.24, 2.45) is 5.73 Å². The van der Waals surface area contributed by atoms with Gasteiger partial charge in [-0.25, -0.2) is 0 Å². The van der Waals surface area contributed by atoms with E-state index in [2.05, 4.69) is 11.8 Å². The van der Waals surface area contributed by atoms with E-state index in [-0.39, 0.29) is 6.04 Å². The van der Waals surface area contributed by atoms with Crippen LogP contribution in [0.3, 0.4) is 0 Å². The zero-order valence-electron chi connectivity index (χ0n) is 10.8.